The van der Waals surface area contributed by atoms with Crippen molar-refractivity contribution in [3.8, 4) is 0 Å². The molecule has 0 saturated carbocycles. The predicted octanol–water partition coefficient (Wildman–Crippen LogP) is 1.67. The van der Waals surface area contributed by atoms with Gasteiger partial charge in [-0.25, -0.2) is 0 Å². The van der Waals surface area contributed by atoms with E-state index in [2.05, 4.69) is 20.8 Å². The molecule has 3 aromatic rings. The van der Waals surface area contributed by atoms with Crippen LogP contribution in [0, 0.1) is 5.41 Å². The van der Waals surface area contributed by atoms with E-state index < -0.39 is 17.0 Å². The van der Waals surface area contributed by atoms with Crippen molar-refractivity contribution in [2.24, 2.45) is 11.1 Å². The molecule has 1 aliphatic heterocycles. The summed E-state index contributed by atoms with van der Waals surface area (Å²) in [4.78, 5) is 26.2. The number of amides is 2. The SMILES string of the molecule is CC(C)(N)C(=O)N[C@H](COCc1ccccc1)c1nnc2n1CCC(Cc1ccccc1)(C(=O)NCCO)C2. The third-order valence-electron chi connectivity index (χ3n) is 7.03. The first kappa shape index (κ1) is 28.4. The van der Waals surface area contributed by atoms with Gasteiger partial charge < -0.3 is 30.8 Å². The molecule has 10 heteroatoms. The number of aliphatic hydroxyl groups is 1. The van der Waals surface area contributed by atoms with Crippen LogP contribution in [0.15, 0.2) is 60.7 Å². The monoisotopic (exact) mass is 534 g/mol. The second-order valence-corrected chi connectivity index (χ2v) is 10.7. The minimum Gasteiger partial charge on any atom is -0.395 e. The minimum absolute atomic E-state index is 0.114. The first-order chi connectivity index (χ1) is 18.7. The first-order valence-corrected chi connectivity index (χ1v) is 13.3. The third kappa shape index (κ3) is 7.08. The van der Waals surface area contributed by atoms with Gasteiger partial charge in [-0.3, -0.25) is 9.59 Å². The Labute approximate surface area is 229 Å². The Morgan fingerprint density at radius 1 is 1.10 bits per heavy atom. The second kappa shape index (κ2) is 12.5. The van der Waals surface area contributed by atoms with Crippen LogP contribution in [-0.4, -0.2) is 57.0 Å². The molecule has 208 valence electrons. The van der Waals surface area contributed by atoms with Crippen molar-refractivity contribution in [3.63, 3.8) is 0 Å². The molecular formula is C29H38N6O4. The maximum atomic E-state index is 13.4. The number of ether oxygens (including phenoxy) is 1. The molecule has 1 unspecified atom stereocenters. The van der Waals surface area contributed by atoms with Crippen molar-refractivity contribution in [2.75, 3.05) is 19.8 Å². The van der Waals surface area contributed by atoms with Gasteiger partial charge in [-0.15, -0.1) is 10.2 Å². The van der Waals surface area contributed by atoms with E-state index in [0.717, 1.165) is 11.1 Å². The number of nitrogens with two attached hydrogens (primary N) is 1. The standard InChI is InChI=1S/C29H38N6O4/c1-28(2,30)26(37)32-23(20-39-19-22-11-7-4-8-12-22)25-34-33-24-18-29(13-15-35(24)25,27(38)31-14-16-36)17-21-9-5-3-6-10-21/h3-12,23,36H,13-20,30H2,1-2H3,(H,31,38)(H,32,37)/t23-,29?/m1/s1. The Bertz CT molecular complexity index is 1240. The van der Waals surface area contributed by atoms with Gasteiger partial charge in [-0.2, -0.15) is 0 Å². The van der Waals surface area contributed by atoms with E-state index in [4.69, 9.17) is 10.5 Å². The summed E-state index contributed by atoms with van der Waals surface area (Å²) in [5, 5.41) is 24.1. The van der Waals surface area contributed by atoms with E-state index in [1.54, 1.807) is 13.8 Å². The zero-order chi connectivity index (χ0) is 27.9. The highest BCUT2D eigenvalue weighted by molar-refractivity contribution is 5.85. The summed E-state index contributed by atoms with van der Waals surface area (Å²) < 4.78 is 7.96. The number of nitrogens with one attached hydrogen (secondary N) is 2. The summed E-state index contributed by atoms with van der Waals surface area (Å²) in [7, 11) is 0. The van der Waals surface area contributed by atoms with Crippen LogP contribution in [0.2, 0.25) is 0 Å². The number of aromatic nitrogens is 3. The maximum Gasteiger partial charge on any atom is 0.240 e. The molecular weight excluding hydrogens is 496 g/mol. The molecule has 0 radical (unpaired) electrons. The van der Waals surface area contributed by atoms with E-state index in [0.29, 0.717) is 44.1 Å². The molecule has 2 aromatic carbocycles. The van der Waals surface area contributed by atoms with Gasteiger partial charge in [0.05, 0.1) is 30.8 Å². The van der Waals surface area contributed by atoms with Gasteiger partial charge in [0.25, 0.3) is 0 Å². The molecule has 0 bridgehead atoms. The van der Waals surface area contributed by atoms with Gasteiger partial charge in [0.1, 0.15) is 11.9 Å². The average Bonchev–Trinajstić information content (AvgIpc) is 3.34. The molecule has 0 aliphatic carbocycles. The lowest BCUT2D eigenvalue weighted by molar-refractivity contribution is -0.132. The lowest BCUT2D eigenvalue weighted by Gasteiger charge is -2.36. The third-order valence-corrected chi connectivity index (χ3v) is 7.03. The van der Waals surface area contributed by atoms with Crippen LogP contribution >= 0.6 is 0 Å². The number of rotatable bonds is 12. The van der Waals surface area contributed by atoms with E-state index in [-0.39, 0.29) is 31.6 Å². The summed E-state index contributed by atoms with van der Waals surface area (Å²) >= 11 is 0. The second-order valence-electron chi connectivity index (χ2n) is 10.7. The van der Waals surface area contributed by atoms with Crippen molar-refractivity contribution in [2.45, 2.75) is 57.8 Å². The van der Waals surface area contributed by atoms with Crippen molar-refractivity contribution >= 4 is 11.8 Å². The molecule has 2 amide bonds. The van der Waals surface area contributed by atoms with Crippen molar-refractivity contribution in [3.05, 3.63) is 83.4 Å². The van der Waals surface area contributed by atoms with E-state index >= 15 is 0 Å². The fourth-order valence-electron chi connectivity index (χ4n) is 4.86. The fraction of sp³-hybridized carbons (Fsp3) is 0.448. The number of carbonyl (C=O) groups is 2. The fourth-order valence-corrected chi connectivity index (χ4v) is 4.86. The highest BCUT2D eigenvalue weighted by atomic mass is 16.5. The number of hydrogen-bond acceptors (Lipinski definition) is 7. The Morgan fingerprint density at radius 3 is 2.41 bits per heavy atom. The molecule has 0 spiro atoms. The number of nitrogens with zero attached hydrogens (tertiary/aromatic N) is 3. The molecule has 5 N–H and O–H groups in total. The number of carbonyl (C=O) groups excluding carboxylic acids is 2. The number of aliphatic hydroxyl groups excluding tert-OH is 1. The van der Waals surface area contributed by atoms with Crippen LogP contribution in [0.5, 0.6) is 0 Å². The molecule has 2 heterocycles. The first-order valence-electron chi connectivity index (χ1n) is 13.3. The van der Waals surface area contributed by atoms with Crippen LogP contribution in [0.1, 0.15) is 49.1 Å². The Balaban J connectivity index is 1.58. The summed E-state index contributed by atoms with van der Waals surface area (Å²) in [5.41, 5.74) is 6.31. The van der Waals surface area contributed by atoms with Gasteiger partial charge >= 0.3 is 0 Å². The summed E-state index contributed by atoms with van der Waals surface area (Å²) in [6.45, 7) is 4.41. The summed E-state index contributed by atoms with van der Waals surface area (Å²) in [5.74, 6) is 0.795. The van der Waals surface area contributed by atoms with Crippen LogP contribution < -0.4 is 16.4 Å². The molecule has 2 atom stereocenters. The lowest BCUT2D eigenvalue weighted by Crippen LogP contribution is -2.51. The smallest absolute Gasteiger partial charge is 0.240 e. The molecule has 39 heavy (non-hydrogen) atoms. The van der Waals surface area contributed by atoms with Gasteiger partial charge in [-0.05, 0) is 37.8 Å². The molecule has 0 fully saturated rings. The molecule has 0 saturated heterocycles. The van der Waals surface area contributed by atoms with Crippen LogP contribution in [0.25, 0.3) is 0 Å². The molecule has 1 aliphatic rings. The van der Waals surface area contributed by atoms with Crippen molar-refractivity contribution in [1.82, 2.24) is 25.4 Å². The van der Waals surface area contributed by atoms with Gasteiger partial charge in [0, 0.05) is 19.5 Å². The van der Waals surface area contributed by atoms with Gasteiger partial charge in [-0.1, -0.05) is 60.7 Å². The average molecular weight is 535 g/mol. The number of hydrogen-bond donors (Lipinski definition) is 4. The predicted molar refractivity (Wildman–Crippen MR) is 146 cm³/mol. The number of benzene rings is 2. The maximum absolute atomic E-state index is 13.4. The van der Waals surface area contributed by atoms with E-state index in [1.165, 1.54) is 0 Å². The largest absolute Gasteiger partial charge is 0.395 e. The molecule has 10 nitrogen and oxygen atoms in total. The Morgan fingerprint density at radius 2 is 1.77 bits per heavy atom. The van der Waals surface area contributed by atoms with Crippen LogP contribution in [0.4, 0.5) is 0 Å². The Hall–Kier alpha value is -3.60. The normalized spacial score (nSPS) is 17.7. The molecule has 1 aromatic heterocycles. The van der Waals surface area contributed by atoms with E-state index in [1.807, 2.05) is 65.2 Å². The van der Waals surface area contributed by atoms with Crippen LogP contribution in [0.3, 0.4) is 0 Å². The van der Waals surface area contributed by atoms with Crippen molar-refractivity contribution in [1.29, 1.82) is 0 Å². The summed E-state index contributed by atoms with van der Waals surface area (Å²) in [6, 6.07) is 19.1. The lowest BCUT2D eigenvalue weighted by atomic mass is 9.73. The van der Waals surface area contributed by atoms with E-state index in [9.17, 15) is 14.7 Å². The highest BCUT2D eigenvalue weighted by Crippen LogP contribution is 2.37. The van der Waals surface area contributed by atoms with Crippen molar-refractivity contribution < 1.29 is 19.4 Å². The molecule has 4 rings (SSSR count). The minimum atomic E-state index is -1.09. The Kier molecular flexibility index (Phi) is 9.11. The zero-order valence-electron chi connectivity index (χ0n) is 22.6. The zero-order valence-corrected chi connectivity index (χ0v) is 22.6. The van der Waals surface area contributed by atoms with Crippen LogP contribution in [-0.2, 0) is 40.3 Å². The topological polar surface area (TPSA) is 144 Å². The van der Waals surface area contributed by atoms with Gasteiger partial charge in [0.15, 0.2) is 5.82 Å². The summed E-state index contributed by atoms with van der Waals surface area (Å²) in [6.07, 6.45) is 1.46. The highest BCUT2D eigenvalue weighted by Gasteiger charge is 2.43. The quantitative estimate of drug-likeness (QED) is 0.277. The van der Waals surface area contributed by atoms with Gasteiger partial charge in [0.2, 0.25) is 11.8 Å². The number of fused-ring (bicyclic) bond motifs is 1.